The van der Waals surface area contributed by atoms with Gasteiger partial charge in [-0.25, -0.2) is 12.7 Å². The molecule has 1 aromatic carbocycles. The molecular formula is C12H20N4O4S. The van der Waals surface area contributed by atoms with Crippen molar-refractivity contribution in [2.24, 2.45) is 5.73 Å². The first kappa shape index (κ1) is 17.3. The van der Waals surface area contributed by atoms with Crippen LogP contribution in [0.4, 0.5) is 11.4 Å². The highest BCUT2D eigenvalue weighted by molar-refractivity contribution is 7.89. The van der Waals surface area contributed by atoms with Crippen molar-refractivity contribution in [1.82, 2.24) is 4.31 Å². The predicted molar refractivity (Wildman–Crippen MR) is 80.9 cm³/mol. The fraction of sp³-hybridized carbons (Fsp3) is 0.500. The number of rotatable bonds is 7. The first-order chi connectivity index (χ1) is 9.71. The molecule has 21 heavy (non-hydrogen) atoms. The molecule has 0 atom stereocenters. The molecule has 0 aliphatic carbocycles. The molecule has 0 saturated carbocycles. The second-order valence-corrected chi connectivity index (χ2v) is 6.91. The van der Waals surface area contributed by atoms with Gasteiger partial charge >= 0.3 is 0 Å². The predicted octanol–water partition coefficient (Wildman–Crippen LogP) is 0.630. The van der Waals surface area contributed by atoms with E-state index in [4.69, 9.17) is 5.73 Å². The lowest BCUT2D eigenvalue weighted by atomic mass is 10.2. The van der Waals surface area contributed by atoms with Crippen LogP contribution < -0.4 is 10.6 Å². The minimum absolute atomic E-state index is 0.102. The van der Waals surface area contributed by atoms with E-state index in [2.05, 4.69) is 0 Å². The summed E-state index contributed by atoms with van der Waals surface area (Å²) >= 11 is 0. The number of nitrogens with two attached hydrogens (primary N) is 1. The molecule has 0 saturated heterocycles. The van der Waals surface area contributed by atoms with Crippen LogP contribution in [-0.4, -0.2) is 51.9 Å². The van der Waals surface area contributed by atoms with Gasteiger partial charge < -0.3 is 10.6 Å². The standard InChI is InChI=1S/C12H20N4O4S/c1-14(2)21(19,20)10-5-6-11(12(9-10)16(17)18)15(3)8-4-7-13/h5-6,9H,4,7-8,13H2,1-3H3. The Labute approximate surface area is 124 Å². The van der Waals surface area contributed by atoms with Crippen molar-refractivity contribution in [3.05, 3.63) is 28.3 Å². The second kappa shape index (κ2) is 6.83. The second-order valence-electron chi connectivity index (χ2n) is 4.76. The maximum Gasteiger partial charge on any atom is 0.293 e. The number of nitro benzene ring substituents is 1. The first-order valence-electron chi connectivity index (χ1n) is 6.34. The Hall–Kier alpha value is -1.71. The molecule has 0 spiro atoms. The number of hydrogen-bond acceptors (Lipinski definition) is 6. The van der Waals surface area contributed by atoms with Crippen molar-refractivity contribution in [3.63, 3.8) is 0 Å². The Bertz CT molecular complexity index is 616. The number of hydrogen-bond donors (Lipinski definition) is 1. The van der Waals surface area contributed by atoms with Crippen LogP contribution in [0.25, 0.3) is 0 Å². The molecule has 0 aliphatic heterocycles. The van der Waals surface area contributed by atoms with Gasteiger partial charge in [-0.3, -0.25) is 10.1 Å². The summed E-state index contributed by atoms with van der Waals surface area (Å²) in [6.45, 7) is 1.03. The quantitative estimate of drug-likeness (QED) is 0.583. The van der Waals surface area contributed by atoms with Crippen molar-refractivity contribution < 1.29 is 13.3 Å². The third kappa shape index (κ3) is 3.90. The van der Waals surface area contributed by atoms with Crippen molar-refractivity contribution in [3.8, 4) is 0 Å². The van der Waals surface area contributed by atoms with Gasteiger partial charge in [0, 0.05) is 33.8 Å². The summed E-state index contributed by atoms with van der Waals surface area (Å²) in [6.07, 6.45) is 0.686. The highest BCUT2D eigenvalue weighted by Gasteiger charge is 2.24. The fourth-order valence-electron chi connectivity index (χ4n) is 1.79. The van der Waals surface area contributed by atoms with Crippen LogP contribution in [0.1, 0.15) is 6.42 Å². The molecule has 0 fully saturated rings. The van der Waals surface area contributed by atoms with Crippen LogP contribution in [0.5, 0.6) is 0 Å². The Morgan fingerprint density at radius 1 is 1.29 bits per heavy atom. The van der Waals surface area contributed by atoms with Gasteiger partial charge in [-0.1, -0.05) is 0 Å². The number of nitrogens with zero attached hydrogens (tertiary/aromatic N) is 3. The minimum Gasteiger partial charge on any atom is -0.369 e. The van der Waals surface area contributed by atoms with Gasteiger partial charge in [0.05, 0.1) is 9.82 Å². The number of sulfonamides is 1. The van der Waals surface area contributed by atoms with E-state index in [1.54, 1.807) is 11.9 Å². The van der Waals surface area contributed by atoms with Crippen molar-refractivity contribution in [2.45, 2.75) is 11.3 Å². The van der Waals surface area contributed by atoms with Gasteiger partial charge in [0.1, 0.15) is 5.69 Å². The van der Waals surface area contributed by atoms with Crippen LogP contribution >= 0.6 is 0 Å². The monoisotopic (exact) mass is 316 g/mol. The molecule has 118 valence electrons. The molecular weight excluding hydrogens is 296 g/mol. The molecule has 0 aliphatic rings. The third-order valence-corrected chi connectivity index (χ3v) is 4.84. The van der Waals surface area contributed by atoms with Gasteiger partial charge in [0.15, 0.2) is 0 Å². The van der Waals surface area contributed by atoms with Crippen LogP contribution in [0, 0.1) is 10.1 Å². The van der Waals surface area contributed by atoms with E-state index in [9.17, 15) is 18.5 Å². The molecule has 1 rings (SSSR count). The Morgan fingerprint density at radius 3 is 2.38 bits per heavy atom. The van der Waals surface area contributed by atoms with Crippen molar-refractivity contribution in [1.29, 1.82) is 0 Å². The zero-order valence-corrected chi connectivity index (χ0v) is 13.1. The minimum atomic E-state index is -3.70. The molecule has 0 heterocycles. The molecule has 9 heteroatoms. The zero-order valence-electron chi connectivity index (χ0n) is 12.3. The van der Waals surface area contributed by atoms with Crippen LogP contribution in [-0.2, 0) is 10.0 Å². The van der Waals surface area contributed by atoms with Gasteiger partial charge in [-0.2, -0.15) is 0 Å². The zero-order chi connectivity index (χ0) is 16.2. The summed E-state index contributed by atoms with van der Waals surface area (Å²) < 4.78 is 25.1. The first-order valence-corrected chi connectivity index (χ1v) is 7.78. The summed E-state index contributed by atoms with van der Waals surface area (Å²) in [7, 11) is 0.759. The van der Waals surface area contributed by atoms with E-state index in [1.807, 2.05) is 0 Å². The lowest BCUT2D eigenvalue weighted by molar-refractivity contribution is -0.384. The summed E-state index contributed by atoms with van der Waals surface area (Å²) in [5.74, 6) is 0. The molecule has 0 unspecified atom stereocenters. The molecule has 0 aromatic heterocycles. The number of anilines is 1. The number of nitro groups is 1. The SMILES string of the molecule is CN(CCCN)c1ccc(S(=O)(=O)N(C)C)cc1[N+](=O)[O-]. The highest BCUT2D eigenvalue weighted by Crippen LogP contribution is 2.30. The lowest BCUT2D eigenvalue weighted by Crippen LogP contribution is -2.24. The van der Waals surface area contributed by atoms with E-state index < -0.39 is 14.9 Å². The highest BCUT2D eigenvalue weighted by atomic mass is 32.2. The average molecular weight is 316 g/mol. The van der Waals surface area contributed by atoms with Gasteiger partial charge in [0.25, 0.3) is 5.69 Å². The smallest absolute Gasteiger partial charge is 0.293 e. The van der Waals surface area contributed by atoms with E-state index in [0.717, 1.165) is 10.4 Å². The summed E-state index contributed by atoms with van der Waals surface area (Å²) in [6, 6.07) is 3.91. The molecule has 1 aromatic rings. The van der Waals surface area contributed by atoms with Crippen molar-refractivity contribution >= 4 is 21.4 Å². The van der Waals surface area contributed by atoms with Crippen LogP contribution in [0.3, 0.4) is 0 Å². The molecule has 2 N–H and O–H groups in total. The molecule has 0 radical (unpaired) electrons. The maximum absolute atomic E-state index is 12.0. The van der Waals surface area contributed by atoms with E-state index in [1.165, 1.54) is 26.2 Å². The fourth-order valence-corrected chi connectivity index (χ4v) is 2.71. The van der Waals surface area contributed by atoms with Gasteiger partial charge in [-0.05, 0) is 25.1 Å². The Kier molecular flexibility index (Phi) is 5.64. The topological polar surface area (TPSA) is 110 Å². The number of benzene rings is 1. The van der Waals surface area contributed by atoms with E-state index in [0.29, 0.717) is 25.2 Å². The maximum atomic E-state index is 12.0. The van der Waals surface area contributed by atoms with Gasteiger partial charge in [0.2, 0.25) is 10.0 Å². The van der Waals surface area contributed by atoms with E-state index >= 15 is 0 Å². The summed E-state index contributed by atoms with van der Waals surface area (Å²) in [5.41, 5.74) is 5.55. The van der Waals surface area contributed by atoms with E-state index in [-0.39, 0.29) is 10.6 Å². The molecule has 0 amide bonds. The summed E-state index contributed by atoms with van der Waals surface area (Å²) in [5, 5.41) is 11.2. The average Bonchev–Trinajstić information content (AvgIpc) is 2.43. The molecule has 0 bridgehead atoms. The van der Waals surface area contributed by atoms with Crippen molar-refractivity contribution in [2.75, 3.05) is 39.1 Å². The lowest BCUT2D eigenvalue weighted by Gasteiger charge is -2.19. The van der Waals surface area contributed by atoms with Crippen LogP contribution in [0.2, 0.25) is 0 Å². The summed E-state index contributed by atoms with van der Waals surface area (Å²) in [4.78, 5) is 12.2. The molecule has 8 nitrogen and oxygen atoms in total. The normalized spacial score (nSPS) is 11.7. The third-order valence-electron chi connectivity index (χ3n) is 3.03. The Balaban J connectivity index is 3.29. The Morgan fingerprint density at radius 2 is 1.90 bits per heavy atom. The largest absolute Gasteiger partial charge is 0.369 e. The van der Waals surface area contributed by atoms with Crippen LogP contribution in [0.15, 0.2) is 23.1 Å². The van der Waals surface area contributed by atoms with Gasteiger partial charge in [-0.15, -0.1) is 0 Å².